The van der Waals surface area contributed by atoms with Crippen LogP contribution >= 0.6 is 0 Å². The summed E-state index contributed by atoms with van der Waals surface area (Å²) in [6, 6.07) is 14.8. The molecule has 0 saturated carbocycles. The Balaban J connectivity index is 0.000000963. The van der Waals surface area contributed by atoms with Gasteiger partial charge in [-0.3, -0.25) is 0 Å². The van der Waals surface area contributed by atoms with E-state index >= 15 is 0 Å². The zero-order valence-electron chi connectivity index (χ0n) is 8.88. The van der Waals surface area contributed by atoms with Gasteiger partial charge in [-0.25, -0.2) is 0 Å². The van der Waals surface area contributed by atoms with Crippen LogP contribution in [0.3, 0.4) is 0 Å². The fraction of sp³-hybridized carbons (Fsp3) is 0.154. The van der Waals surface area contributed by atoms with E-state index in [1.807, 2.05) is 6.07 Å². The Bertz CT molecular complexity index is 445. The molecule has 3 rings (SSSR count). The highest BCUT2D eigenvalue weighted by Crippen LogP contribution is 2.18. The van der Waals surface area contributed by atoms with Crippen molar-refractivity contribution in [3.8, 4) is 0 Å². The molecule has 0 aliphatic carbocycles. The van der Waals surface area contributed by atoms with Gasteiger partial charge < -0.3 is 24.0 Å². The summed E-state index contributed by atoms with van der Waals surface area (Å²) in [5, 5.41) is 2.32. The van der Waals surface area contributed by atoms with Crippen LogP contribution in [0, 0.1) is 0 Å². The lowest BCUT2D eigenvalue weighted by molar-refractivity contribution is -0.696. The predicted octanol–water partition coefficient (Wildman–Crippen LogP) is -1.37. The second kappa shape index (κ2) is 4.82. The van der Waals surface area contributed by atoms with Gasteiger partial charge in [0.05, 0.1) is 13.1 Å². The van der Waals surface area contributed by atoms with Crippen molar-refractivity contribution < 1.29 is 28.7 Å². The molecule has 0 radical (unpaired) electrons. The summed E-state index contributed by atoms with van der Waals surface area (Å²) in [6.07, 6.45) is 4.18. The summed E-state index contributed by atoms with van der Waals surface area (Å²) in [7, 11) is 0. The molecule has 2 nitrogen and oxygen atoms in total. The van der Waals surface area contributed by atoms with E-state index in [1.54, 1.807) is 0 Å². The number of rotatable bonds is 1. The van der Waals surface area contributed by atoms with Gasteiger partial charge in [0.2, 0.25) is 0 Å². The van der Waals surface area contributed by atoms with Crippen molar-refractivity contribution in [2.45, 2.75) is 13.1 Å². The number of fused-ring (bicyclic) bond motifs is 1. The van der Waals surface area contributed by atoms with E-state index in [4.69, 9.17) is 0 Å². The van der Waals surface area contributed by atoms with Crippen LogP contribution in [0.15, 0.2) is 54.9 Å². The van der Waals surface area contributed by atoms with Crippen molar-refractivity contribution in [1.29, 1.82) is 0 Å². The van der Waals surface area contributed by atoms with E-state index in [9.17, 15) is 0 Å². The normalized spacial score (nSPS) is 13.1. The second-order valence-electron chi connectivity index (χ2n) is 3.85. The van der Waals surface area contributed by atoms with Crippen molar-refractivity contribution in [2.24, 2.45) is 0 Å². The van der Waals surface area contributed by atoms with Gasteiger partial charge in [0.1, 0.15) is 0 Å². The molecule has 0 saturated heterocycles. The molecular weight excluding hydrogens is 311 g/mol. The van der Waals surface area contributed by atoms with Gasteiger partial charge in [-0.2, -0.15) is 5.01 Å². The van der Waals surface area contributed by atoms with E-state index in [1.165, 1.54) is 11.1 Å². The van der Waals surface area contributed by atoms with E-state index in [0.717, 1.165) is 13.1 Å². The number of benzene rings is 1. The van der Waals surface area contributed by atoms with Crippen LogP contribution in [-0.2, 0) is 13.1 Å². The highest BCUT2D eigenvalue weighted by Gasteiger charge is 2.23. The third-order valence-electron chi connectivity index (χ3n) is 2.85. The molecule has 0 amide bonds. The van der Waals surface area contributed by atoms with Crippen LogP contribution in [0.4, 0.5) is 0 Å². The summed E-state index contributed by atoms with van der Waals surface area (Å²) in [5.41, 5.74) is 2.88. The molecule has 1 aliphatic heterocycles. The molecule has 82 valence electrons. The van der Waals surface area contributed by atoms with Gasteiger partial charge in [-0.05, 0) is 11.1 Å². The Labute approximate surface area is 113 Å². The summed E-state index contributed by atoms with van der Waals surface area (Å²) in [6.45, 7) is 2.01. The Kier molecular flexibility index (Phi) is 3.43. The fourth-order valence-electron chi connectivity index (χ4n) is 2.06. The Morgan fingerprint density at radius 1 is 0.812 bits per heavy atom. The quantitative estimate of drug-likeness (QED) is 0.464. The van der Waals surface area contributed by atoms with Crippen molar-refractivity contribution >= 4 is 0 Å². The average molecular weight is 324 g/mol. The first kappa shape index (κ1) is 11.4. The highest BCUT2D eigenvalue weighted by molar-refractivity contribution is 5.32. The van der Waals surface area contributed by atoms with E-state index < -0.39 is 0 Å². The van der Waals surface area contributed by atoms with Crippen LogP contribution in [0.25, 0.3) is 0 Å². The number of hydrogen-bond donors (Lipinski definition) is 0. The van der Waals surface area contributed by atoms with E-state index in [0.29, 0.717) is 0 Å². The molecule has 0 bridgehead atoms. The van der Waals surface area contributed by atoms with Crippen molar-refractivity contribution in [2.75, 3.05) is 5.01 Å². The summed E-state index contributed by atoms with van der Waals surface area (Å²) in [4.78, 5) is 0. The monoisotopic (exact) mass is 324 g/mol. The van der Waals surface area contributed by atoms with Crippen LogP contribution in [0.5, 0.6) is 0 Å². The van der Waals surface area contributed by atoms with Gasteiger partial charge in [0.15, 0.2) is 12.4 Å². The maximum Gasteiger partial charge on any atom is 0.199 e. The first-order chi connectivity index (χ1) is 7.43. The molecular formula is C13H13IN2. The first-order valence-corrected chi connectivity index (χ1v) is 5.22. The second-order valence-corrected chi connectivity index (χ2v) is 3.85. The van der Waals surface area contributed by atoms with Gasteiger partial charge in [0, 0.05) is 12.1 Å². The summed E-state index contributed by atoms with van der Waals surface area (Å²) in [5.74, 6) is 0. The van der Waals surface area contributed by atoms with Crippen LogP contribution in [0.1, 0.15) is 11.1 Å². The van der Waals surface area contributed by atoms with E-state index in [2.05, 4.69) is 58.5 Å². The average Bonchev–Trinajstić information content (AvgIpc) is 2.74. The van der Waals surface area contributed by atoms with Crippen molar-refractivity contribution in [3.05, 3.63) is 66.0 Å². The Morgan fingerprint density at radius 2 is 1.38 bits per heavy atom. The molecule has 3 heteroatoms. The number of aromatic nitrogens is 1. The number of halogens is 1. The third kappa shape index (κ3) is 2.04. The minimum Gasteiger partial charge on any atom is -1.00 e. The molecule has 1 aromatic heterocycles. The lowest BCUT2D eigenvalue weighted by atomic mass is 10.1. The van der Waals surface area contributed by atoms with Gasteiger partial charge >= 0.3 is 0 Å². The minimum absolute atomic E-state index is 0. The smallest absolute Gasteiger partial charge is 0.199 e. The molecule has 1 aromatic carbocycles. The zero-order valence-corrected chi connectivity index (χ0v) is 11.0. The molecule has 1 aliphatic rings. The van der Waals surface area contributed by atoms with Crippen LogP contribution in [-0.4, -0.2) is 0 Å². The number of hydrogen-bond acceptors (Lipinski definition) is 1. The summed E-state index contributed by atoms with van der Waals surface area (Å²) >= 11 is 0. The molecule has 2 aromatic rings. The number of pyridine rings is 1. The van der Waals surface area contributed by atoms with Gasteiger partial charge in [-0.1, -0.05) is 35.0 Å². The maximum absolute atomic E-state index is 2.32. The molecule has 0 unspecified atom stereocenters. The van der Waals surface area contributed by atoms with Gasteiger partial charge in [-0.15, -0.1) is 0 Å². The Morgan fingerprint density at radius 3 is 1.94 bits per heavy atom. The SMILES string of the molecule is [I-].c1cc[n+](N2Cc3ccccc3C2)cc1. The van der Waals surface area contributed by atoms with Crippen LogP contribution in [0.2, 0.25) is 0 Å². The molecule has 2 heterocycles. The zero-order chi connectivity index (χ0) is 10.1. The van der Waals surface area contributed by atoms with Crippen molar-refractivity contribution in [1.82, 2.24) is 0 Å². The topological polar surface area (TPSA) is 7.12 Å². The van der Waals surface area contributed by atoms with E-state index in [-0.39, 0.29) is 24.0 Å². The molecule has 0 N–H and O–H groups in total. The molecule has 16 heavy (non-hydrogen) atoms. The fourth-order valence-corrected chi connectivity index (χ4v) is 2.06. The molecule has 0 spiro atoms. The number of nitrogens with zero attached hydrogens (tertiary/aromatic N) is 2. The largest absolute Gasteiger partial charge is 1.00 e. The molecule has 0 fully saturated rings. The maximum atomic E-state index is 2.32. The first-order valence-electron chi connectivity index (χ1n) is 5.22. The lowest BCUT2D eigenvalue weighted by Crippen LogP contribution is -3.00. The highest BCUT2D eigenvalue weighted by atomic mass is 127. The van der Waals surface area contributed by atoms with Crippen LogP contribution < -0.4 is 33.7 Å². The van der Waals surface area contributed by atoms with Gasteiger partial charge in [0.25, 0.3) is 0 Å². The Hall–Kier alpha value is -1.10. The standard InChI is InChI=1S/C13H13N2.HI/c1-4-8-14(9-5-1)15-10-12-6-2-3-7-13(12)11-15;/h1-9H,10-11H2;1H/q+1;/p-1. The molecule has 0 atom stereocenters. The minimum atomic E-state index is 0. The summed E-state index contributed by atoms with van der Waals surface area (Å²) < 4.78 is 2.15. The third-order valence-corrected chi connectivity index (χ3v) is 2.85. The lowest BCUT2D eigenvalue weighted by Gasteiger charge is -2.08. The predicted molar refractivity (Wildman–Crippen MR) is 58.7 cm³/mol. The van der Waals surface area contributed by atoms with Crippen molar-refractivity contribution in [3.63, 3.8) is 0 Å².